The quantitative estimate of drug-likeness (QED) is 0.659. The lowest BCUT2D eigenvalue weighted by Gasteiger charge is -2.09. The van der Waals surface area contributed by atoms with Gasteiger partial charge >= 0.3 is 5.69 Å². The molecule has 0 atom stereocenters. The summed E-state index contributed by atoms with van der Waals surface area (Å²) in [4.78, 5) is 17.9. The first kappa shape index (κ1) is 12.6. The van der Waals surface area contributed by atoms with Crippen molar-refractivity contribution in [1.82, 2.24) is 9.97 Å². The first-order chi connectivity index (χ1) is 9.13. The summed E-state index contributed by atoms with van der Waals surface area (Å²) in [6.45, 7) is 0. The van der Waals surface area contributed by atoms with Crippen LogP contribution in [0.3, 0.4) is 0 Å². The Bertz CT molecular complexity index is 617. The zero-order chi connectivity index (χ0) is 13.8. The zero-order valence-corrected chi connectivity index (χ0v) is 9.94. The van der Waals surface area contributed by atoms with Gasteiger partial charge in [-0.3, -0.25) is 10.1 Å². The fraction of sp³-hybridized carbons (Fsp3) is 0.0909. The number of nitro benzene ring substituents is 1. The largest absolute Gasteiger partial charge is 0.489 e. The van der Waals surface area contributed by atoms with E-state index in [1.807, 2.05) is 0 Å². The van der Waals surface area contributed by atoms with Crippen LogP contribution in [0.2, 0.25) is 0 Å². The number of rotatable bonds is 4. The Morgan fingerprint density at radius 1 is 1.32 bits per heavy atom. The van der Waals surface area contributed by atoms with Gasteiger partial charge in [0.15, 0.2) is 5.82 Å². The Hall–Kier alpha value is -2.90. The number of nitro groups is 1. The van der Waals surface area contributed by atoms with Crippen LogP contribution >= 0.6 is 0 Å². The van der Waals surface area contributed by atoms with E-state index in [1.54, 1.807) is 6.07 Å². The third-order valence-corrected chi connectivity index (χ3v) is 2.27. The van der Waals surface area contributed by atoms with E-state index in [1.165, 1.54) is 31.6 Å². The molecular weight excluding hydrogens is 252 g/mol. The first-order valence-corrected chi connectivity index (χ1v) is 5.19. The van der Waals surface area contributed by atoms with Gasteiger partial charge < -0.3 is 15.2 Å². The second kappa shape index (κ2) is 5.17. The fourth-order valence-electron chi connectivity index (χ4n) is 1.43. The van der Waals surface area contributed by atoms with Crippen molar-refractivity contribution in [2.45, 2.75) is 0 Å². The molecule has 19 heavy (non-hydrogen) atoms. The molecule has 8 nitrogen and oxygen atoms in total. The zero-order valence-electron chi connectivity index (χ0n) is 9.94. The molecule has 0 amide bonds. The third-order valence-electron chi connectivity index (χ3n) is 2.27. The number of para-hydroxylation sites is 2. The van der Waals surface area contributed by atoms with Gasteiger partial charge in [0, 0.05) is 6.07 Å². The number of hydrogen-bond acceptors (Lipinski definition) is 7. The van der Waals surface area contributed by atoms with Gasteiger partial charge in [0.2, 0.25) is 11.5 Å². The maximum absolute atomic E-state index is 10.9. The van der Waals surface area contributed by atoms with Gasteiger partial charge in [-0.1, -0.05) is 12.1 Å². The van der Waals surface area contributed by atoms with E-state index in [9.17, 15) is 10.1 Å². The van der Waals surface area contributed by atoms with Crippen LogP contribution in [0.5, 0.6) is 17.4 Å². The number of anilines is 1. The molecule has 0 saturated heterocycles. The summed E-state index contributed by atoms with van der Waals surface area (Å²) in [5.74, 6) is 0.278. The normalized spacial score (nSPS) is 9.95. The Kier molecular flexibility index (Phi) is 3.42. The molecule has 0 saturated carbocycles. The molecular formula is C11H10N4O4. The standard InChI is InChI=1S/C11H10N4O4/c1-18-9-10(12)13-6-14-11(9)19-8-5-3-2-4-7(8)15(16)17/h2-6H,1H3,(H2,12,13,14). The van der Waals surface area contributed by atoms with E-state index in [2.05, 4.69) is 9.97 Å². The average Bonchev–Trinajstić information content (AvgIpc) is 2.39. The molecule has 1 aromatic heterocycles. The van der Waals surface area contributed by atoms with Crippen LogP contribution in [-0.2, 0) is 0 Å². The van der Waals surface area contributed by atoms with Gasteiger partial charge in [0.25, 0.3) is 5.88 Å². The molecule has 0 radical (unpaired) electrons. The maximum atomic E-state index is 10.9. The van der Waals surface area contributed by atoms with Crippen LogP contribution in [0, 0.1) is 10.1 Å². The van der Waals surface area contributed by atoms with Gasteiger partial charge in [0.1, 0.15) is 6.33 Å². The molecule has 0 fully saturated rings. The lowest BCUT2D eigenvalue weighted by atomic mass is 10.3. The Morgan fingerprint density at radius 2 is 2.05 bits per heavy atom. The molecule has 0 aliphatic carbocycles. The van der Waals surface area contributed by atoms with Gasteiger partial charge in [-0.15, -0.1) is 0 Å². The van der Waals surface area contributed by atoms with Crippen molar-refractivity contribution in [1.29, 1.82) is 0 Å². The number of nitrogen functional groups attached to an aromatic ring is 1. The van der Waals surface area contributed by atoms with Crippen molar-refractivity contribution in [2.75, 3.05) is 12.8 Å². The minimum absolute atomic E-state index is 0.0179. The summed E-state index contributed by atoms with van der Waals surface area (Å²) in [6, 6.07) is 5.93. The van der Waals surface area contributed by atoms with Crippen molar-refractivity contribution in [3.8, 4) is 17.4 Å². The monoisotopic (exact) mass is 262 g/mol. The molecule has 0 unspecified atom stereocenters. The van der Waals surface area contributed by atoms with E-state index >= 15 is 0 Å². The Balaban J connectivity index is 2.42. The number of ether oxygens (including phenoxy) is 2. The molecule has 0 aliphatic rings. The number of methoxy groups -OCH3 is 1. The van der Waals surface area contributed by atoms with Gasteiger partial charge in [-0.25, -0.2) is 4.98 Å². The number of nitrogens with zero attached hydrogens (tertiary/aromatic N) is 3. The summed E-state index contributed by atoms with van der Waals surface area (Å²) in [5, 5.41) is 10.9. The van der Waals surface area contributed by atoms with Crippen LogP contribution in [0.15, 0.2) is 30.6 Å². The topological polar surface area (TPSA) is 113 Å². The Labute approximate surface area is 108 Å². The van der Waals surface area contributed by atoms with Crippen LogP contribution < -0.4 is 15.2 Å². The molecule has 8 heteroatoms. The van der Waals surface area contributed by atoms with Gasteiger partial charge in [0.05, 0.1) is 12.0 Å². The van der Waals surface area contributed by atoms with Crippen molar-refractivity contribution in [2.24, 2.45) is 0 Å². The second-order valence-electron chi connectivity index (χ2n) is 3.42. The predicted octanol–water partition coefficient (Wildman–Crippen LogP) is 1.77. The summed E-state index contributed by atoms with van der Waals surface area (Å²) in [7, 11) is 1.38. The molecule has 0 spiro atoms. The molecule has 0 aliphatic heterocycles. The molecule has 2 N–H and O–H groups in total. The smallest absolute Gasteiger partial charge is 0.311 e. The fourth-order valence-corrected chi connectivity index (χ4v) is 1.43. The van der Waals surface area contributed by atoms with Crippen LogP contribution in [0.1, 0.15) is 0 Å². The predicted molar refractivity (Wildman–Crippen MR) is 66.2 cm³/mol. The molecule has 1 heterocycles. The van der Waals surface area contributed by atoms with Crippen molar-refractivity contribution in [3.05, 3.63) is 40.7 Å². The Morgan fingerprint density at radius 3 is 2.74 bits per heavy atom. The molecule has 1 aromatic carbocycles. The lowest BCUT2D eigenvalue weighted by molar-refractivity contribution is -0.385. The first-order valence-electron chi connectivity index (χ1n) is 5.19. The average molecular weight is 262 g/mol. The van der Waals surface area contributed by atoms with Crippen molar-refractivity contribution < 1.29 is 14.4 Å². The van der Waals surface area contributed by atoms with E-state index in [-0.39, 0.29) is 28.9 Å². The lowest BCUT2D eigenvalue weighted by Crippen LogP contribution is -2.01. The highest BCUT2D eigenvalue weighted by atomic mass is 16.6. The summed E-state index contributed by atoms with van der Waals surface area (Å²) < 4.78 is 10.4. The summed E-state index contributed by atoms with van der Waals surface area (Å²) >= 11 is 0. The molecule has 2 aromatic rings. The number of hydrogen-bond donors (Lipinski definition) is 1. The molecule has 0 bridgehead atoms. The van der Waals surface area contributed by atoms with Crippen LogP contribution in [0.4, 0.5) is 11.5 Å². The molecule has 98 valence electrons. The summed E-state index contributed by atoms with van der Waals surface area (Å²) in [6.07, 6.45) is 1.18. The maximum Gasteiger partial charge on any atom is 0.311 e. The van der Waals surface area contributed by atoms with Crippen molar-refractivity contribution in [3.63, 3.8) is 0 Å². The minimum atomic E-state index is -0.549. The minimum Gasteiger partial charge on any atom is -0.489 e. The SMILES string of the molecule is COc1c(N)ncnc1Oc1ccccc1[N+](=O)[O-]. The van der Waals surface area contributed by atoms with Crippen LogP contribution in [0.25, 0.3) is 0 Å². The number of aromatic nitrogens is 2. The summed E-state index contributed by atoms with van der Waals surface area (Å²) in [5.41, 5.74) is 5.41. The van der Waals surface area contributed by atoms with E-state index in [0.29, 0.717) is 0 Å². The van der Waals surface area contributed by atoms with E-state index in [0.717, 1.165) is 0 Å². The highest BCUT2D eigenvalue weighted by Gasteiger charge is 2.18. The second-order valence-corrected chi connectivity index (χ2v) is 3.42. The number of nitrogens with two attached hydrogens (primary N) is 1. The highest BCUT2D eigenvalue weighted by Crippen LogP contribution is 2.36. The van der Waals surface area contributed by atoms with E-state index in [4.69, 9.17) is 15.2 Å². The van der Waals surface area contributed by atoms with E-state index < -0.39 is 4.92 Å². The number of benzene rings is 1. The highest BCUT2D eigenvalue weighted by molar-refractivity contribution is 5.54. The third kappa shape index (κ3) is 2.51. The van der Waals surface area contributed by atoms with Gasteiger partial charge in [-0.05, 0) is 6.07 Å². The van der Waals surface area contributed by atoms with Crippen molar-refractivity contribution >= 4 is 11.5 Å². The van der Waals surface area contributed by atoms with Gasteiger partial charge in [-0.2, -0.15) is 4.98 Å². The molecule has 2 rings (SSSR count). The van der Waals surface area contributed by atoms with Crippen LogP contribution in [-0.4, -0.2) is 22.0 Å².